The number of hydrazone groups is 1. The van der Waals surface area contributed by atoms with Crippen LogP contribution in [0, 0.1) is 0 Å². The molecule has 11 nitrogen and oxygen atoms in total. The van der Waals surface area contributed by atoms with Crippen LogP contribution in [-0.2, 0) is 25.4 Å². The van der Waals surface area contributed by atoms with Crippen molar-refractivity contribution >= 4 is 23.3 Å². The van der Waals surface area contributed by atoms with Crippen LogP contribution in [0.5, 0.6) is 11.5 Å². The first-order valence-corrected chi connectivity index (χ1v) is 8.14. The van der Waals surface area contributed by atoms with Crippen LogP contribution in [0.15, 0.2) is 39.2 Å². The molecule has 0 unspecified atom stereocenters. The first kappa shape index (κ1) is 18.9. The molecule has 3 rings (SSSR count). The van der Waals surface area contributed by atoms with Crippen LogP contribution < -0.4 is 21.4 Å². The van der Waals surface area contributed by atoms with E-state index in [1.54, 1.807) is 18.2 Å². The van der Waals surface area contributed by atoms with E-state index < -0.39 is 17.2 Å². The molecule has 2 N–H and O–H groups in total. The lowest BCUT2D eigenvalue weighted by molar-refractivity contribution is -0.121. The number of methoxy groups -OCH3 is 1. The largest absolute Gasteiger partial charge is 0.504 e. The zero-order valence-electron chi connectivity index (χ0n) is 15.4. The Morgan fingerprint density at radius 1 is 1.32 bits per heavy atom. The molecular formula is C17H18N6O5. The second-order valence-electron chi connectivity index (χ2n) is 5.94. The Bertz CT molecular complexity index is 1200. The number of hydrogen-bond donors (Lipinski definition) is 2. The molecule has 0 aliphatic carbocycles. The fourth-order valence-electron chi connectivity index (χ4n) is 2.73. The Balaban J connectivity index is 1.80. The van der Waals surface area contributed by atoms with Crippen LogP contribution in [0.3, 0.4) is 0 Å². The Morgan fingerprint density at radius 3 is 2.79 bits per heavy atom. The topological polar surface area (TPSA) is 133 Å². The van der Waals surface area contributed by atoms with Gasteiger partial charge in [-0.25, -0.2) is 15.2 Å². The fraction of sp³-hybridized carbons (Fsp3) is 0.235. The lowest BCUT2D eigenvalue weighted by Crippen LogP contribution is -2.37. The lowest BCUT2D eigenvalue weighted by atomic mass is 10.2. The second-order valence-corrected chi connectivity index (χ2v) is 5.94. The SMILES string of the molecule is COc1cccc(C=NNC(=O)Cn2cnc3c(=O)n(C)c(=O)n(C)c32)c1O. The number of aromatic hydroxyl groups is 1. The summed E-state index contributed by atoms with van der Waals surface area (Å²) in [5, 5.41) is 13.8. The van der Waals surface area contributed by atoms with Gasteiger partial charge in [-0.1, -0.05) is 6.07 Å². The van der Waals surface area contributed by atoms with Crippen molar-refractivity contribution in [2.24, 2.45) is 19.2 Å². The predicted molar refractivity (Wildman–Crippen MR) is 101 cm³/mol. The van der Waals surface area contributed by atoms with Gasteiger partial charge in [0.1, 0.15) is 12.2 Å². The molecular weight excluding hydrogens is 368 g/mol. The number of aryl methyl sites for hydroxylation is 1. The summed E-state index contributed by atoms with van der Waals surface area (Å²) in [6, 6.07) is 4.85. The number of benzene rings is 1. The molecule has 3 aromatic rings. The molecule has 0 atom stereocenters. The van der Waals surface area contributed by atoms with Gasteiger partial charge in [-0.2, -0.15) is 5.10 Å². The maximum Gasteiger partial charge on any atom is 0.332 e. The molecule has 0 aliphatic heterocycles. The summed E-state index contributed by atoms with van der Waals surface area (Å²) in [6.07, 6.45) is 2.58. The molecule has 2 aromatic heterocycles. The van der Waals surface area contributed by atoms with E-state index in [1.165, 1.54) is 42.9 Å². The van der Waals surface area contributed by atoms with Crippen molar-refractivity contribution in [1.82, 2.24) is 24.1 Å². The monoisotopic (exact) mass is 386 g/mol. The number of phenols is 1. The predicted octanol–water partition coefficient (Wildman–Crippen LogP) is -0.702. The Morgan fingerprint density at radius 2 is 2.07 bits per heavy atom. The number of carbonyl (C=O) groups is 1. The molecule has 1 amide bonds. The molecule has 28 heavy (non-hydrogen) atoms. The first-order chi connectivity index (χ1) is 13.3. The normalized spacial score (nSPS) is 11.2. The minimum Gasteiger partial charge on any atom is -0.504 e. The van der Waals surface area contributed by atoms with Crippen LogP contribution in [0.4, 0.5) is 0 Å². The maximum atomic E-state index is 12.2. The highest BCUT2D eigenvalue weighted by atomic mass is 16.5. The number of fused-ring (bicyclic) bond motifs is 1. The third kappa shape index (κ3) is 3.24. The van der Waals surface area contributed by atoms with E-state index in [-0.39, 0.29) is 29.2 Å². The van der Waals surface area contributed by atoms with E-state index in [4.69, 9.17) is 4.74 Å². The second kappa shape index (κ2) is 7.39. The molecule has 0 fully saturated rings. The molecule has 11 heteroatoms. The third-order valence-electron chi connectivity index (χ3n) is 4.17. The summed E-state index contributed by atoms with van der Waals surface area (Å²) in [7, 11) is 4.27. The number of amides is 1. The number of aromatic nitrogens is 4. The van der Waals surface area contributed by atoms with Crippen LogP contribution >= 0.6 is 0 Å². The number of rotatable bonds is 5. The van der Waals surface area contributed by atoms with Gasteiger partial charge in [-0.3, -0.25) is 18.7 Å². The minimum atomic E-state index is -0.538. The summed E-state index contributed by atoms with van der Waals surface area (Å²) in [5.41, 5.74) is 1.94. The molecule has 0 saturated carbocycles. The van der Waals surface area contributed by atoms with Crippen molar-refractivity contribution in [3.8, 4) is 11.5 Å². The minimum absolute atomic E-state index is 0.0854. The highest BCUT2D eigenvalue weighted by Crippen LogP contribution is 2.27. The fourth-order valence-corrected chi connectivity index (χ4v) is 2.73. The van der Waals surface area contributed by atoms with Gasteiger partial charge >= 0.3 is 5.69 Å². The Hall–Kier alpha value is -3.89. The van der Waals surface area contributed by atoms with Crippen molar-refractivity contribution in [2.75, 3.05) is 7.11 Å². The molecule has 2 heterocycles. The van der Waals surface area contributed by atoms with E-state index in [0.29, 0.717) is 5.56 Å². The molecule has 0 saturated heterocycles. The zero-order valence-corrected chi connectivity index (χ0v) is 15.4. The molecule has 0 spiro atoms. The number of para-hydroxylation sites is 1. The molecule has 1 aromatic carbocycles. The van der Waals surface area contributed by atoms with Crippen molar-refractivity contribution in [1.29, 1.82) is 0 Å². The van der Waals surface area contributed by atoms with Gasteiger partial charge in [-0.15, -0.1) is 0 Å². The first-order valence-electron chi connectivity index (χ1n) is 8.14. The highest BCUT2D eigenvalue weighted by Gasteiger charge is 2.15. The van der Waals surface area contributed by atoms with Crippen LogP contribution in [-0.4, -0.2) is 43.0 Å². The number of ether oxygens (including phenoxy) is 1. The van der Waals surface area contributed by atoms with Gasteiger partial charge in [0.2, 0.25) is 0 Å². The van der Waals surface area contributed by atoms with E-state index in [1.807, 2.05) is 0 Å². The average molecular weight is 386 g/mol. The summed E-state index contributed by atoms with van der Waals surface area (Å²) in [6.45, 7) is -0.210. The van der Waals surface area contributed by atoms with Crippen LogP contribution in [0.25, 0.3) is 11.2 Å². The van der Waals surface area contributed by atoms with Gasteiger partial charge in [0, 0.05) is 19.7 Å². The number of nitrogens with one attached hydrogen (secondary N) is 1. The van der Waals surface area contributed by atoms with E-state index in [2.05, 4.69) is 15.5 Å². The van der Waals surface area contributed by atoms with Crippen molar-refractivity contribution in [3.63, 3.8) is 0 Å². The maximum absolute atomic E-state index is 12.2. The lowest BCUT2D eigenvalue weighted by Gasteiger charge is -2.08. The quantitative estimate of drug-likeness (QED) is 0.440. The number of imidazole rings is 1. The molecule has 0 radical (unpaired) electrons. The Labute approximate surface area is 158 Å². The van der Waals surface area contributed by atoms with Gasteiger partial charge in [0.15, 0.2) is 17.0 Å². The molecule has 0 bridgehead atoms. The van der Waals surface area contributed by atoms with Crippen molar-refractivity contribution < 1.29 is 14.6 Å². The zero-order chi connectivity index (χ0) is 20.4. The van der Waals surface area contributed by atoms with Gasteiger partial charge < -0.3 is 14.4 Å². The standard InChI is InChI=1S/C17H18N6O5/c1-21-15-13(16(26)22(2)17(21)27)18-9-23(15)8-12(24)20-19-7-10-5-4-6-11(28-3)14(10)25/h4-7,9,25H,8H2,1-3H3,(H,20,24). The number of phenolic OH excluding ortho intramolecular Hbond substituents is 1. The highest BCUT2D eigenvalue weighted by molar-refractivity contribution is 5.86. The Kier molecular flexibility index (Phi) is 4.98. The van der Waals surface area contributed by atoms with Crippen molar-refractivity contribution in [3.05, 3.63) is 50.9 Å². The van der Waals surface area contributed by atoms with Crippen LogP contribution in [0.2, 0.25) is 0 Å². The number of carbonyl (C=O) groups excluding carboxylic acids is 1. The molecule has 0 aliphatic rings. The van der Waals surface area contributed by atoms with E-state index >= 15 is 0 Å². The van der Waals surface area contributed by atoms with Gasteiger partial charge in [0.25, 0.3) is 11.5 Å². The van der Waals surface area contributed by atoms with Gasteiger partial charge in [-0.05, 0) is 12.1 Å². The third-order valence-corrected chi connectivity index (χ3v) is 4.17. The van der Waals surface area contributed by atoms with E-state index in [9.17, 15) is 19.5 Å². The summed E-state index contributed by atoms with van der Waals surface area (Å²) >= 11 is 0. The smallest absolute Gasteiger partial charge is 0.332 e. The van der Waals surface area contributed by atoms with Crippen molar-refractivity contribution in [2.45, 2.75) is 6.54 Å². The van der Waals surface area contributed by atoms with Crippen LogP contribution in [0.1, 0.15) is 5.56 Å². The summed E-state index contributed by atoms with van der Waals surface area (Å²) in [5.74, 6) is -0.330. The van der Waals surface area contributed by atoms with Gasteiger partial charge in [0.05, 0.1) is 19.7 Å². The molecule has 146 valence electrons. The van der Waals surface area contributed by atoms with E-state index in [0.717, 1.165) is 4.57 Å². The summed E-state index contributed by atoms with van der Waals surface area (Å²) < 4.78 is 8.57. The summed E-state index contributed by atoms with van der Waals surface area (Å²) in [4.78, 5) is 40.4. The average Bonchev–Trinajstić information content (AvgIpc) is 3.09. The number of nitrogens with zero attached hydrogens (tertiary/aromatic N) is 5. The number of hydrogen-bond acceptors (Lipinski definition) is 7.